The molecule has 0 aliphatic heterocycles. The predicted octanol–water partition coefficient (Wildman–Crippen LogP) is 3.87. The fourth-order valence-corrected chi connectivity index (χ4v) is 2.78. The van der Waals surface area contributed by atoms with Gasteiger partial charge in [-0.05, 0) is 36.8 Å². The molecule has 0 aliphatic rings. The number of halogens is 3. The molecule has 116 valence electrons. The minimum absolute atomic E-state index is 0.00583. The fourth-order valence-electron chi connectivity index (χ4n) is 2.04. The van der Waals surface area contributed by atoms with Crippen LogP contribution in [0.5, 0.6) is 0 Å². The summed E-state index contributed by atoms with van der Waals surface area (Å²) in [5.41, 5.74) is 0.281. The van der Waals surface area contributed by atoms with Crippen molar-refractivity contribution in [2.24, 2.45) is 0 Å². The molecule has 0 aliphatic carbocycles. The number of alkyl halides is 3. The highest BCUT2D eigenvalue weighted by Gasteiger charge is 2.30. The molecule has 1 aromatic heterocycles. The number of nitrogens with one attached hydrogen (secondary N) is 1. The third-order valence-corrected chi connectivity index (χ3v) is 5.12. The Labute approximate surface area is 127 Å². The molecule has 2 unspecified atom stereocenters. The SMILES string of the molecule is CC(CCn1c(=S)[nH]c2cc(C(F)(F)F)ccc21)S(C)=O. The molecule has 0 radical (unpaired) electrons. The lowest BCUT2D eigenvalue weighted by molar-refractivity contribution is -0.137. The van der Waals surface area contributed by atoms with Gasteiger partial charge in [0.2, 0.25) is 0 Å². The molecule has 1 N–H and O–H groups in total. The second-order valence-corrected chi connectivity index (χ2v) is 7.10. The van der Waals surface area contributed by atoms with Crippen LogP contribution >= 0.6 is 12.2 Å². The Morgan fingerprint density at radius 3 is 2.67 bits per heavy atom. The maximum Gasteiger partial charge on any atom is 0.416 e. The van der Waals surface area contributed by atoms with Crippen molar-refractivity contribution in [1.29, 1.82) is 0 Å². The van der Waals surface area contributed by atoms with Crippen molar-refractivity contribution in [3.05, 3.63) is 28.5 Å². The lowest BCUT2D eigenvalue weighted by Gasteiger charge is -2.10. The van der Waals surface area contributed by atoms with Gasteiger partial charge in [-0.3, -0.25) is 4.21 Å². The van der Waals surface area contributed by atoms with Crippen LogP contribution in [0.25, 0.3) is 11.0 Å². The summed E-state index contributed by atoms with van der Waals surface area (Å²) in [7, 11) is -0.934. The fraction of sp³-hybridized carbons (Fsp3) is 0.462. The van der Waals surface area contributed by atoms with E-state index in [1.165, 1.54) is 6.07 Å². The van der Waals surface area contributed by atoms with Gasteiger partial charge < -0.3 is 9.55 Å². The first-order chi connectivity index (χ1) is 9.70. The summed E-state index contributed by atoms with van der Waals surface area (Å²) in [5.74, 6) is 0. The standard InChI is InChI=1S/C13H15F3N2OS2/c1-8(21(2)19)5-6-18-11-4-3-9(13(14,15)16)7-10(11)17-12(18)20/h3-4,7-8H,5-6H2,1-2H3,(H,17,20). The zero-order valence-electron chi connectivity index (χ0n) is 11.5. The van der Waals surface area contributed by atoms with Gasteiger partial charge in [0.15, 0.2) is 4.77 Å². The number of imidazole rings is 1. The van der Waals surface area contributed by atoms with Crippen LogP contribution in [0.2, 0.25) is 0 Å². The average Bonchev–Trinajstić information content (AvgIpc) is 2.69. The summed E-state index contributed by atoms with van der Waals surface area (Å²) in [5, 5.41) is 0.00583. The van der Waals surface area contributed by atoms with Crippen molar-refractivity contribution in [2.75, 3.05) is 6.26 Å². The molecule has 2 rings (SSSR count). The van der Waals surface area contributed by atoms with Crippen molar-refractivity contribution >= 4 is 34.1 Å². The smallest absolute Gasteiger partial charge is 0.331 e. The number of H-pyrrole nitrogens is 1. The van der Waals surface area contributed by atoms with E-state index in [4.69, 9.17) is 12.2 Å². The molecule has 0 amide bonds. The van der Waals surface area contributed by atoms with Gasteiger partial charge in [-0.15, -0.1) is 0 Å². The summed E-state index contributed by atoms with van der Waals surface area (Å²) >= 11 is 5.16. The van der Waals surface area contributed by atoms with Gasteiger partial charge in [0.25, 0.3) is 0 Å². The molecule has 2 atom stereocenters. The number of aryl methyl sites for hydroxylation is 1. The lowest BCUT2D eigenvalue weighted by Crippen LogP contribution is -2.12. The Bertz CT molecular complexity index is 733. The van der Waals surface area contributed by atoms with E-state index in [-0.39, 0.29) is 5.25 Å². The van der Waals surface area contributed by atoms with E-state index in [2.05, 4.69) is 4.98 Å². The number of aromatic amines is 1. The first-order valence-electron chi connectivity index (χ1n) is 6.32. The molecule has 21 heavy (non-hydrogen) atoms. The van der Waals surface area contributed by atoms with E-state index in [9.17, 15) is 17.4 Å². The summed E-state index contributed by atoms with van der Waals surface area (Å²) in [4.78, 5) is 2.79. The highest BCUT2D eigenvalue weighted by Crippen LogP contribution is 2.31. The zero-order chi connectivity index (χ0) is 15.8. The Kier molecular flexibility index (Phi) is 4.57. The average molecular weight is 336 g/mol. The van der Waals surface area contributed by atoms with Crippen LogP contribution in [-0.2, 0) is 23.5 Å². The second-order valence-electron chi connectivity index (χ2n) is 4.91. The van der Waals surface area contributed by atoms with Gasteiger partial charge in [0.1, 0.15) is 0 Å². The number of hydrogen-bond acceptors (Lipinski definition) is 2. The normalized spacial score (nSPS) is 15.3. The molecule has 2 aromatic rings. The van der Waals surface area contributed by atoms with E-state index in [0.29, 0.717) is 28.8 Å². The predicted molar refractivity (Wildman–Crippen MR) is 80.3 cm³/mol. The highest BCUT2D eigenvalue weighted by atomic mass is 32.2. The monoisotopic (exact) mass is 336 g/mol. The molecule has 0 bridgehead atoms. The first kappa shape index (κ1) is 16.2. The second kappa shape index (κ2) is 5.92. The molecule has 0 spiro atoms. The van der Waals surface area contributed by atoms with Gasteiger partial charge in [0, 0.05) is 28.9 Å². The molecule has 0 fully saturated rings. The van der Waals surface area contributed by atoms with Crippen molar-refractivity contribution in [3.8, 4) is 0 Å². The third kappa shape index (κ3) is 3.55. The molecular weight excluding hydrogens is 321 g/mol. The van der Waals surface area contributed by atoms with Crippen molar-refractivity contribution < 1.29 is 17.4 Å². The number of hydrogen-bond donors (Lipinski definition) is 1. The third-order valence-electron chi connectivity index (χ3n) is 3.43. The van der Waals surface area contributed by atoms with Crippen LogP contribution in [0.1, 0.15) is 18.9 Å². The Morgan fingerprint density at radius 2 is 2.10 bits per heavy atom. The van der Waals surface area contributed by atoms with Crippen LogP contribution in [0.3, 0.4) is 0 Å². The number of benzene rings is 1. The van der Waals surface area contributed by atoms with Gasteiger partial charge in [0.05, 0.1) is 16.6 Å². The van der Waals surface area contributed by atoms with E-state index in [1.54, 1.807) is 10.8 Å². The van der Waals surface area contributed by atoms with Crippen LogP contribution in [-0.4, -0.2) is 25.3 Å². The Hall–Kier alpha value is -1.15. The molecule has 1 heterocycles. The van der Waals surface area contributed by atoms with E-state index in [0.717, 1.165) is 12.1 Å². The van der Waals surface area contributed by atoms with Crippen molar-refractivity contribution in [2.45, 2.75) is 31.3 Å². The summed E-state index contributed by atoms with van der Waals surface area (Å²) < 4.78 is 51.5. The maximum atomic E-state index is 12.7. The highest BCUT2D eigenvalue weighted by molar-refractivity contribution is 7.84. The zero-order valence-corrected chi connectivity index (χ0v) is 13.2. The van der Waals surface area contributed by atoms with Gasteiger partial charge in [-0.1, -0.05) is 6.92 Å². The number of nitrogens with zero attached hydrogens (tertiary/aromatic N) is 1. The van der Waals surface area contributed by atoms with E-state index < -0.39 is 22.5 Å². The lowest BCUT2D eigenvalue weighted by atomic mass is 10.2. The van der Waals surface area contributed by atoms with E-state index in [1.807, 2.05) is 6.92 Å². The largest absolute Gasteiger partial charge is 0.416 e. The number of fused-ring (bicyclic) bond motifs is 1. The van der Waals surface area contributed by atoms with Crippen LogP contribution in [0.15, 0.2) is 18.2 Å². The molecular formula is C13H15F3N2OS2. The summed E-state index contributed by atoms with van der Waals surface area (Å²) in [6.45, 7) is 2.39. The van der Waals surface area contributed by atoms with Crippen LogP contribution in [0.4, 0.5) is 13.2 Å². The summed E-state index contributed by atoms with van der Waals surface area (Å²) in [6.07, 6.45) is -2.10. The molecule has 1 aromatic carbocycles. The van der Waals surface area contributed by atoms with Crippen molar-refractivity contribution in [1.82, 2.24) is 9.55 Å². The first-order valence-corrected chi connectivity index (χ1v) is 8.35. The molecule has 0 saturated carbocycles. The Morgan fingerprint density at radius 1 is 1.43 bits per heavy atom. The van der Waals surface area contributed by atoms with Gasteiger partial charge in [-0.25, -0.2) is 0 Å². The minimum atomic E-state index is -4.38. The van der Waals surface area contributed by atoms with E-state index >= 15 is 0 Å². The number of rotatable bonds is 4. The van der Waals surface area contributed by atoms with Gasteiger partial charge in [-0.2, -0.15) is 13.2 Å². The maximum absolute atomic E-state index is 12.7. The quantitative estimate of drug-likeness (QED) is 0.861. The number of aromatic nitrogens is 2. The van der Waals surface area contributed by atoms with Gasteiger partial charge >= 0.3 is 6.18 Å². The topological polar surface area (TPSA) is 37.8 Å². The summed E-state index contributed by atoms with van der Waals surface area (Å²) in [6, 6.07) is 3.52. The minimum Gasteiger partial charge on any atom is -0.331 e. The molecule has 3 nitrogen and oxygen atoms in total. The Balaban J connectivity index is 2.36. The van der Waals surface area contributed by atoms with Crippen molar-refractivity contribution in [3.63, 3.8) is 0 Å². The van der Waals surface area contributed by atoms with Crippen LogP contribution < -0.4 is 0 Å². The molecule has 8 heteroatoms. The molecule has 0 saturated heterocycles. The van der Waals surface area contributed by atoms with Crippen LogP contribution in [0, 0.1) is 4.77 Å².